The molecule has 3 rings (SSSR count). The summed E-state index contributed by atoms with van der Waals surface area (Å²) < 4.78 is 16.2. The molecule has 24 heavy (non-hydrogen) atoms. The SMILES string of the molecule is Cn1c2c(c(=O)n(-c3cc(C(=O)O)c(Cl)cc3F)c1=O)CCC2.[H-].[Na+]. The summed E-state index contributed by atoms with van der Waals surface area (Å²) >= 11 is 5.70. The van der Waals surface area contributed by atoms with Crippen molar-refractivity contribution in [1.29, 1.82) is 0 Å². The number of carboxylic acid groups (broad SMARTS) is 1. The van der Waals surface area contributed by atoms with Gasteiger partial charge in [0.2, 0.25) is 0 Å². The molecule has 2 aromatic rings. The van der Waals surface area contributed by atoms with Crippen molar-refractivity contribution in [3.8, 4) is 5.69 Å². The molecule has 122 valence electrons. The fourth-order valence-corrected chi connectivity index (χ4v) is 3.13. The first-order valence-electron chi connectivity index (χ1n) is 6.89. The van der Waals surface area contributed by atoms with E-state index in [0.717, 1.165) is 18.6 Å². The van der Waals surface area contributed by atoms with Crippen molar-refractivity contribution < 1.29 is 45.3 Å². The number of aromatic carboxylic acids is 1. The predicted octanol–water partition coefficient (Wildman–Crippen LogP) is -1.37. The Morgan fingerprint density at radius 1 is 1.33 bits per heavy atom. The van der Waals surface area contributed by atoms with Crippen LogP contribution >= 0.6 is 11.6 Å². The molecule has 1 heterocycles. The van der Waals surface area contributed by atoms with Gasteiger partial charge in [0.15, 0.2) is 0 Å². The average molecular weight is 363 g/mol. The largest absolute Gasteiger partial charge is 1.00 e. The molecule has 1 aliphatic carbocycles. The van der Waals surface area contributed by atoms with Crippen LogP contribution in [-0.2, 0) is 19.9 Å². The molecule has 1 aromatic heterocycles. The van der Waals surface area contributed by atoms with E-state index in [1.165, 1.54) is 11.6 Å². The number of halogens is 2. The molecule has 0 aliphatic heterocycles. The number of nitrogens with zero attached hydrogens (tertiary/aromatic N) is 2. The van der Waals surface area contributed by atoms with Crippen molar-refractivity contribution in [2.24, 2.45) is 7.05 Å². The molecule has 9 heteroatoms. The zero-order chi connectivity index (χ0) is 16.9. The molecule has 0 bridgehead atoms. The molecule has 0 amide bonds. The van der Waals surface area contributed by atoms with E-state index in [0.29, 0.717) is 28.7 Å². The van der Waals surface area contributed by atoms with Gasteiger partial charge in [-0.2, -0.15) is 0 Å². The van der Waals surface area contributed by atoms with Crippen LogP contribution in [0.1, 0.15) is 29.5 Å². The van der Waals surface area contributed by atoms with E-state index in [-0.39, 0.29) is 41.6 Å². The minimum absolute atomic E-state index is 0. The van der Waals surface area contributed by atoms with Gasteiger partial charge in [0.1, 0.15) is 5.82 Å². The molecule has 0 saturated carbocycles. The third kappa shape index (κ3) is 2.86. The third-order valence-electron chi connectivity index (χ3n) is 4.04. The molecule has 1 aliphatic rings. The Hall–Kier alpha value is -1.41. The first-order chi connectivity index (χ1) is 10.8. The first kappa shape index (κ1) is 18.9. The van der Waals surface area contributed by atoms with Gasteiger partial charge < -0.3 is 11.1 Å². The van der Waals surface area contributed by atoms with Crippen LogP contribution in [0.4, 0.5) is 4.39 Å². The van der Waals surface area contributed by atoms with Crippen molar-refractivity contribution in [1.82, 2.24) is 9.13 Å². The number of carboxylic acids is 1. The number of hydrogen-bond donors (Lipinski definition) is 1. The fourth-order valence-electron chi connectivity index (χ4n) is 2.90. The number of carbonyl (C=O) groups is 1. The Labute approximate surface area is 164 Å². The molecule has 1 N–H and O–H groups in total. The number of rotatable bonds is 2. The molecule has 1 aromatic carbocycles. The van der Waals surface area contributed by atoms with Crippen LogP contribution in [-0.4, -0.2) is 20.2 Å². The van der Waals surface area contributed by atoms with E-state index in [4.69, 9.17) is 16.7 Å². The van der Waals surface area contributed by atoms with Gasteiger partial charge in [-0.15, -0.1) is 0 Å². The van der Waals surface area contributed by atoms with E-state index < -0.39 is 28.7 Å². The second kappa shape index (κ2) is 6.84. The third-order valence-corrected chi connectivity index (χ3v) is 4.35. The molecule has 0 saturated heterocycles. The summed E-state index contributed by atoms with van der Waals surface area (Å²) in [6, 6.07) is 1.70. The van der Waals surface area contributed by atoms with E-state index >= 15 is 0 Å². The smallest absolute Gasteiger partial charge is 1.00 e. The number of hydrogen-bond acceptors (Lipinski definition) is 3. The summed E-state index contributed by atoms with van der Waals surface area (Å²) in [4.78, 5) is 36.2. The van der Waals surface area contributed by atoms with E-state index in [1.54, 1.807) is 0 Å². The molecule has 0 atom stereocenters. The van der Waals surface area contributed by atoms with Gasteiger partial charge >= 0.3 is 41.2 Å². The fraction of sp³-hybridized carbons (Fsp3) is 0.267. The Kier molecular flexibility index (Phi) is 5.39. The van der Waals surface area contributed by atoms with Gasteiger partial charge in [0.05, 0.1) is 16.3 Å². The van der Waals surface area contributed by atoms with Gasteiger partial charge in [0.25, 0.3) is 5.56 Å². The van der Waals surface area contributed by atoms with Crippen molar-refractivity contribution >= 4 is 17.6 Å². The topological polar surface area (TPSA) is 81.3 Å². The zero-order valence-corrected chi connectivity index (χ0v) is 15.9. The van der Waals surface area contributed by atoms with Gasteiger partial charge in [-0.3, -0.25) is 4.79 Å². The van der Waals surface area contributed by atoms with Crippen molar-refractivity contribution in [2.75, 3.05) is 0 Å². The van der Waals surface area contributed by atoms with Crippen LogP contribution in [0.25, 0.3) is 5.69 Å². The maximum Gasteiger partial charge on any atom is 1.00 e. The molecule has 0 spiro atoms. The minimum Gasteiger partial charge on any atom is -1.00 e. The van der Waals surface area contributed by atoms with Crippen LogP contribution in [0.2, 0.25) is 5.02 Å². The first-order valence-corrected chi connectivity index (χ1v) is 7.27. The Bertz CT molecular complexity index is 973. The second-order valence-corrected chi connectivity index (χ2v) is 5.76. The molecule has 0 radical (unpaired) electrons. The second-order valence-electron chi connectivity index (χ2n) is 5.35. The van der Waals surface area contributed by atoms with E-state index in [9.17, 15) is 18.8 Å². The normalized spacial score (nSPS) is 12.6. The Morgan fingerprint density at radius 3 is 2.62 bits per heavy atom. The van der Waals surface area contributed by atoms with Crippen molar-refractivity contribution in [3.63, 3.8) is 0 Å². The van der Waals surface area contributed by atoms with Crippen LogP contribution in [0.15, 0.2) is 21.7 Å². The summed E-state index contributed by atoms with van der Waals surface area (Å²) in [6.07, 6.45) is 1.86. The monoisotopic (exact) mass is 362 g/mol. The van der Waals surface area contributed by atoms with E-state index in [2.05, 4.69) is 0 Å². The van der Waals surface area contributed by atoms with Crippen LogP contribution < -0.4 is 40.8 Å². The van der Waals surface area contributed by atoms with Crippen molar-refractivity contribution in [3.05, 3.63) is 60.6 Å². The summed E-state index contributed by atoms with van der Waals surface area (Å²) in [5.74, 6) is -2.31. The number of benzene rings is 1. The van der Waals surface area contributed by atoms with Crippen molar-refractivity contribution in [2.45, 2.75) is 19.3 Å². The predicted molar refractivity (Wildman–Crippen MR) is 82.3 cm³/mol. The molecular formula is C15H13ClFN2NaO4. The number of aromatic nitrogens is 2. The standard InChI is InChI=1S/C15H12ClFN2O4.Na.H/c1-18-11-4-2-3-7(11)13(20)19(15(18)23)12-5-8(14(21)22)9(16)6-10(12)17;;/h5-6H,2-4H2,1H3,(H,21,22);;/q;+1;-1. The maximum absolute atomic E-state index is 14.2. The zero-order valence-electron chi connectivity index (χ0n) is 14.1. The Balaban J connectivity index is 0.00000156. The summed E-state index contributed by atoms with van der Waals surface area (Å²) in [7, 11) is 1.51. The maximum atomic E-state index is 14.2. The van der Waals surface area contributed by atoms with Gasteiger partial charge in [-0.05, 0) is 31.4 Å². The molecule has 0 unspecified atom stereocenters. The van der Waals surface area contributed by atoms with E-state index in [1.807, 2.05) is 0 Å². The van der Waals surface area contributed by atoms with Crippen LogP contribution in [0, 0.1) is 5.82 Å². The number of fused-ring (bicyclic) bond motifs is 1. The average Bonchev–Trinajstić information content (AvgIpc) is 2.96. The summed E-state index contributed by atoms with van der Waals surface area (Å²) in [5.41, 5.74) is -1.02. The van der Waals surface area contributed by atoms with Gasteiger partial charge in [0, 0.05) is 18.3 Å². The minimum atomic E-state index is -1.37. The van der Waals surface area contributed by atoms with Gasteiger partial charge in [-0.25, -0.2) is 18.5 Å². The quantitative estimate of drug-likeness (QED) is 0.669. The van der Waals surface area contributed by atoms with Gasteiger partial charge in [-0.1, -0.05) is 11.6 Å². The molecular weight excluding hydrogens is 350 g/mol. The summed E-state index contributed by atoms with van der Waals surface area (Å²) in [5, 5.41) is 8.80. The summed E-state index contributed by atoms with van der Waals surface area (Å²) in [6.45, 7) is 0. The molecule has 6 nitrogen and oxygen atoms in total. The Morgan fingerprint density at radius 2 is 2.00 bits per heavy atom. The van der Waals surface area contributed by atoms with Crippen LogP contribution in [0.5, 0.6) is 0 Å². The van der Waals surface area contributed by atoms with Crippen LogP contribution in [0.3, 0.4) is 0 Å². The molecule has 0 fully saturated rings.